The van der Waals surface area contributed by atoms with E-state index in [-0.39, 0.29) is 24.3 Å². The summed E-state index contributed by atoms with van der Waals surface area (Å²) in [6, 6.07) is 26.3. The van der Waals surface area contributed by atoms with Crippen LogP contribution >= 0.6 is 11.6 Å². The summed E-state index contributed by atoms with van der Waals surface area (Å²) in [7, 11) is 0. The number of halogens is 1. The molecule has 0 unspecified atom stereocenters. The van der Waals surface area contributed by atoms with Gasteiger partial charge in [0.15, 0.2) is 0 Å². The fraction of sp³-hybridized carbons (Fsp3) is 0.400. The Morgan fingerprint density at radius 3 is 2.30 bits per heavy atom. The van der Waals surface area contributed by atoms with Gasteiger partial charge in [-0.2, -0.15) is 0 Å². The molecular weight excluding hydrogens is 572 g/mol. The molecule has 1 aliphatic carbocycles. The molecule has 9 heteroatoms. The van der Waals surface area contributed by atoms with Gasteiger partial charge in [0, 0.05) is 43.4 Å². The third-order valence-corrected chi connectivity index (χ3v) is 9.08. The van der Waals surface area contributed by atoms with Crippen LogP contribution in [-0.2, 0) is 24.1 Å². The number of alkyl carbamates (subject to hydrolysis) is 1. The van der Waals surface area contributed by atoms with Gasteiger partial charge < -0.3 is 15.0 Å². The molecule has 230 valence electrons. The van der Waals surface area contributed by atoms with Crippen LogP contribution in [0.4, 0.5) is 10.5 Å². The van der Waals surface area contributed by atoms with Crippen LogP contribution in [-0.4, -0.2) is 64.3 Å². The summed E-state index contributed by atoms with van der Waals surface area (Å²) < 4.78 is 7.69. The molecule has 8 nitrogen and oxygen atoms in total. The first-order valence-corrected chi connectivity index (χ1v) is 16.1. The molecule has 1 aliphatic heterocycles. The summed E-state index contributed by atoms with van der Waals surface area (Å²) in [6.07, 6.45) is 6.04. The molecule has 44 heavy (non-hydrogen) atoms. The van der Waals surface area contributed by atoms with Crippen molar-refractivity contribution in [2.24, 2.45) is 0 Å². The Kier molecular flexibility index (Phi) is 9.78. The van der Waals surface area contributed by atoms with Crippen molar-refractivity contribution in [2.75, 3.05) is 31.1 Å². The number of anilines is 1. The van der Waals surface area contributed by atoms with Crippen LogP contribution in [0, 0.1) is 6.92 Å². The van der Waals surface area contributed by atoms with Crippen molar-refractivity contribution >= 4 is 23.4 Å². The number of piperazine rings is 1. The van der Waals surface area contributed by atoms with E-state index in [9.17, 15) is 4.79 Å². The molecule has 1 amide bonds. The molecule has 6 rings (SSSR count). The first-order chi connectivity index (χ1) is 21.5. The van der Waals surface area contributed by atoms with Crippen LogP contribution in [0.1, 0.15) is 47.7 Å². The second-order valence-electron chi connectivity index (χ2n) is 12.0. The van der Waals surface area contributed by atoms with Crippen molar-refractivity contribution in [3.8, 4) is 0 Å². The van der Waals surface area contributed by atoms with E-state index in [2.05, 4.69) is 74.9 Å². The Morgan fingerprint density at radius 1 is 0.955 bits per heavy atom. The summed E-state index contributed by atoms with van der Waals surface area (Å²) in [5.74, 6) is 0. The monoisotopic (exact) mass is 612 g/mol. The van der Waals surface area contributed by atoms with Gasteiger partial charge >= 0.3 is 6.09 Å². The van der Waals surface area contributed by atoms with Crippen molar-refractivity contribution in [3.05, 3.63) is 112 Å². The van der Waals surface area contributed by atoms with Gasteiger partial charge in [0.1, 0.15) is 6.10 Å². The van der Waals surface area contributed by atoms with E-state index in [1.807, 2.05) is 47.1 Å². The predicted octanol–water partition coefficient (Wildman–Crippen LogP) is 6.24. The molecule has 1 N–H and O–H groups in total. The summed E-state index contributed by atoms with van der Waals surface area (Å²) in [5.41, 5.74) is 5.69. The lowest BCUT2D eigenvalue weighted by atomic mass is 9.94. The molecule has 2 atom stereocenters. The Labute approximate surface area is 265 Å². The van der Waals surface area contributed by atoms with Gasteiger partial charge in [-0.15, -0.1) is 5.10 Å². The molecule has 1 aromatic heterocycles. The van der Waals surface area contributed by atoms with Crippen molar-refractivity contribution in [3.63, 3.8) is 0 Å². The molecule has 1 saturated heterocycles. The molecule has 0 spiro atoms. The number of ether oxygens (including phenoxy) is 1. The minimum Gasteiger partial charge on any atom is -0.446 e. The highest BCUT2D eigenvalue weighted by molar-refractivity contribution is 6.30. The average Bonchev–Trinajstić information content (AvgIpc) is 3.48. The fourth-order valence-electron chi connectivity index (χ4n) is 6.10. The standard InChI is InChI=1S/C35H41ClN6O2/c1-26-15-16-29(36)23-33(26)41-19-17-40(18-20-41)24-30-25-42(39-38-30)34(22-28-11-6-3-7-12-28)32(21-27-9-4-2-5-10-27)37-35(43)44-31-13-8-14-31/h2-7,9-12,15-16,23,25,31-32,34H,8,13-14,17-22,24H2,1H3,(H,37,43)/t32-,34-/m0/s1. The molecule has 2 fully saturated rings. The lowest BCUT2D eigenvalue weighted by Crippen LogP contribution is -2.46. The van der Waals surface area contributed by atoms with Crippen LogP contribution in [0.2, 0.25) is 5.02 Å². The molecule has 2 heterocycles. The first kappa shape index (κ1) is 30.2. The van der Waals surface area contributed by atoms with E-state index in [4.69, 9.17) is 16.3 Å². The van der Waals surface area contributed by atoms with E-state index in [0.717, 1.165) is 68.3 Å². The number of nitrogens with zero attached hydrogens (tertiary/aromatic N) is 5. The predicted molar refractivity (Wildman–Crippen MR) is 174 cm³/mol. The second-order valence-corrected chi connectivity index (χ2v) is 12.5. The maximum absolute atomic E-state index is 13.1. The zero-order valence-corrected chi connectivity index (χ0v) is 26.1. The minimum atomic E-state index is -0.359. The number of hydrogen-bond donors (Lipinski definition) is 1. The van der Waals surface area contributed by atoms with Gasteiger partial charge in [-0.3, -0.25) is 4.90 Å². The first-order valence-electron chi connectivity index (χ1n) is 15.7. The molecule has 3 aromatic carbocycles. The van der Waals surface area contributed by atoms with E-state index in [1.165, 1.54) is 16.8 Å². The lowest BCUT2D eigenvalue weighted by Gasteiger charge is -2.36. The van der Waals surface area contributed by atoms with Gasteiger partial charge in [0.25, 0.3) is 0 Å². The van der Waals surface area contributed by atoms with E-state index in [1.54, 1.807) is 0 Å². The van der Waals surface area contributed by atoms with E-state index >= 15 is 0 Å². The molecular formula is C35H41ClN6O2. The van der Waals surface area contributed by atoms with Crippen molar-refractivity contribution in [2.45, 2.75) is 63.8 Å². The third kappa shape index (κ3) is 7.79. The molecule has 4 aromatic rings. The van der Waals surface area contributed by atoms with Crippen LogP contribution in [0.3, 0.4) is 0 Å². The number of aryl methyl sites for hydroxylation is 1. The molecule has 1 saturated carbocycles. The summed E-state index contributed by atoms with van der Waals surface area (Å²) in [5, 5.41) is 13.3. The van der Waals surface area contributed by atoms with Gasteiger partial charge in [-0.25, -0.2) is 9.48 Å². The normalized spacial score (nSPS) is 17.1. The topological polar surface area (TPSA) is 75.5 Å². The summed E-state index contributed by atoms with van der Waals surface area (Å²) in [6.45, 7) is 6.57. The summed E-state index contributed by atoms with van der Waals surface area (Å²) in [4.78, 5) is 17.9. The lowest BCUT2D eigenvalue weighted by molar-refractivity contribution is 0.0486. The zero-order chi connectivity index (χ0) is 30.3. The molecule has 2 aliphatic rings. The summed E-state index contributed by atoms with van der Waals surface area (Å²) >= 11 is 6.29. The van der Waals surface area contributed by atoms with Crippen LogP contribution < -0.4 is 10.2 Å². The number of hydrogen-bond acceptors (Lipinski definition) is 6. The van der Waals surface area contributed by atoms with Crippen molar-refractivity contribution in [1.82, 2.24) is 25.2 Å². The van der Waals surface area contributed by atoms with Crippen molar-refractivity contribution in [1.29, 1.82) is 0 Å². The van der Waals surface area contributed by atoms with E-state index in [0.29, 0.717) is 12.8 Å². The van der Waals surface area contributed by atoms with Crippen LogP contribution in [0.5, 0.6) is 0 Å². The maximum atomic E-state index is 13.1. The smallest absolute Gasteiger partial charge is 0.407 e. The average molecular weight is 613 g/mol. The number of carbonyl (C=O) groups excluding carboxylic acids is 1. The number of amides is 1. The number of rotatable bonds is 11. The Balaban J connectivity index is 1.18. The largest absolute Gasteiger partial charge is 0.446 e. The zero-order valence-electron chi connectivity index (χ0n) is 25.3. The highest BCUT2D eigenvalue weighted by atomic mass is 35.5. The second kappa shape index (κ2) is 14.3. The van der Waals surface area contributed by atoms with Crippen LogP contribution in [0.25, 0.3) is 0 Å². The van der Waals surface area contributed by atoms with Gasteiger partial charge in [-0.1, -0.05) is 83.5 Å². The van der Waals surface area contributed by atoms with Crippen LogP contribution in [0.15, 0.2) is 85.1 Å². The van der Waals surface area contributed by atoms with E-state index < -0.39 is 0 Å². The number of aromatic nitrogens is 3. The maximum Gasteiger partial charge on any atom is 0.407 e. The number of nitrogens with one attached hydrogen (secondary N) is 1. The van der Waals surface area contributed by atoms with Gasteiger partial charge in [-0.05, 0) is 67.9 Å². The highest BCUT2D eigenvalue weighted by Crippen LogP contribution is 2.27. The fourth-order valence-corrected chi connectivity index (χ4v) is 6.27. The Morgan fingerprint density at radius 2 is 1.64 bits per heavy atom. The third-order valence-electron chi connectivity index (χ3n) is 8.85. The Hall–Kier alpha value is -3.88. The van der Waals surface area contributed by atoms with Gasteiger partial charge in [0.05, 0.1) is 24.0 Å². The molecule has 0 radical (unpaired) electrons. The van der Waals surface area contributed by atoms with Gasteiger partial charge in [0.2, 0.25) is 0 Å². The highest BCUT2D eigenvalue weighted by Gasteiger charge is 2.30. The quantitative estimate of drug-likeness (QED) is 0.216. The molecule has 0 bridgehead atoms. The minimum absolute atomic E-state index is 0.0150. The Bertz CT molecular complexity index is 1500. The SMILES string of the molecule is Cc1ccc(Cl)cc1N1CCN(Cc2cn([C@@H](Cc3ccccc3)[C@H](Cc3ccccc3)NC(=O)OC3CCC3)nn2)CC1. The number of carbonyl (C=O) groups is 1. The van der Waals surface area contributed by atoms with Crippen molar-refractivity contribution < 1.29 is 9.53 Å². The number of benzene rings is 3.